The number of amides is 2. The van der Waals surface area contributed by atoms with Crippen molar-refractivity contribution in [3.05, 3.63) is 0 Å². The number of hydrogen-bond donors (Lipinski definition) is 3. The summed E-state index contributed by atoms with van der Waals surface area (Å²) in [5.74, 6) is -1.59. The number of nitrogens with one attached hydrogen (secondary N) is 2. The van der Waals surface area contributed by atoms with Crippen LogP contribution in [0.4, 0.5) is 0 Å². The highest BCUT2D eigenvalue weighted by Gasteiger charge is 2.37. The molecule has 1 saturated heterocycles. The fourth-order valence-corrected chi connectivity index (χ4v) is 2.80. The first-order valence-corrected chi connectivity index (χ1v) is 7.94. The topological polar surface area (TPSA) is 78.4 Å². The second kappa shape index (κ2) is 8.95. The van der Waals surface area contributed by atoms with Crippen molar-refractivity contribution in [2.75, 3.05) is 6.54 Å². The van der Waals surface area contributed by atoms with Crippen LogP contribution in [0.2, 0.25) is 0 Å². The summed E-state index contributed by atoms with van der Waals surface area (Å²) in [5, 5.41) is 15.3. The molecule has 20 heavy (non-hydrogen) atoms. The lowest BCUT2D eigenvalue weighted by molar-refractivity contribution is -0.142. The first-order chi connectivity index (χ1) is 9.68. The Bertz CT molecular complexity index is 312. The monoisotopic (exact) mass is 284 g/mol. The summed E-state index contributed by atoms with van der Waals surface area (Å²) in [5.41, 5.74) is 0. The summed E-state index contributed by atoms with van der Waals surface area (Å²) in [4.78, 5) is 23.7. The number of carbonyl (C=O) groups excluding carboxylic acids is 2. The molecule has 2 aliphatic rings. The number of carbonyl (C=O) groups is 2. The zero-order valence-corrected chi connectivity index (χ0v) is 12.7. The number of hydrogen-bond acceptors (Lipinski definition) is 3. The third-order valence-corrected chi connectivity index (χ3v) is 3.89. The minimum absolute atomic E-state index is 0.168. The summed E-state index contributed by atoms with van der Waals surface area (Å²) in [7, 11) is 0. The highest BCUT2D eigenvalue weighted by Crippen LogP contribution is 2.19. The van der Waals surface area contributed by atoms with Gasteiger partial charge in [-0.25, -0.2) is 0 Å². The van der Waals surface area contributed by atoms with E-state index >= 15 is 0 Å². The zero-order chi connectivity index (χ0) is 15.0. The van der Waals surface area contributed by atoms with E-state index in [2.05, 4.69) is 10.6 Å². The Morgan fingerprint density at radius 1 is 1.15 bits per heavy atom. The Morgan fingerprint density at radius 2 is 1.75 bits per heavy atom. The van der Waals surface area contributed by atoms with Crippen LogP contribution in [0.3, 0.4) is 0 Å². The molecule has 116 valence electrons. The standard InChI is InChI=1S/C13H22N2O3.C2H6/c16-10-7-8-14-12(17)11(10)13(18)15-9-5-3-1-2-4-6-9;1-2/h9-11,16H,1-8H2,(H,14,17)(H,15,18);1-2H3. The zero-order valence-electron chi connectivity index (χ0n) is 12.7. The summed E-state index contributed by atoms with van der Waals surface area (Å²) in [6.07, 6.45) is 6.28. The van der Waals surface area contributed by atoms with Crippen LogP contribution in [0.1, 0.15) is 58.8 Å². The largest absolute Gasteiger partial charge is 0.392 e. The third kappa shape index (κ3) is 4.78. The first kappa shape index (κ1) is 17.0. The van der Waals surface area contributed by atoms with Crippen LogP contribution in [-0.4, -0.2) is 35.6 Å². The molecule has 2 rings (SSSR count). The molecule has 0 aromatic heterocycles. The molecule has 0 radical (unpaired) electrons. The van der Waals surface area contributed by atoms with E-state index in [1.807, 2.05) is 13.8 Å². The lowest BCUT2D eigenvalue weighted by atomic mass is 9.93. The van der Waals surface area contributed by atoms with Gasteiger partial charge in [0, 0.05) is 12.6 Å². The van der Waals surface area contributed by atoms with Gasteiger partial charge < -0.3 is 15.7 Å². The SMILES string of the molecule is CC.O=C1NCCC(O)C1C(=O)NC1CCCCCC1. The van der Waals surface area contributed by atoms with E-state index in [-0.39, 0.29) is 17.9 Å². The van der Waals surface area contributed by atoms with Crippen molar-refractivity contribution in [1.29, 1.82) is 0 Å². The summed E-state index contributed by atoms with van der Waals surface area (Å²) in [6, 6.07) is 0.168. The Balaban J connectivity index is 0.000000956. The van der Waals surface area contributed by atoms with Gasteiger partial charge in [0.15, 0.2) is 0 Å². The molecule has 0 bridgehead atoms. The average molecular weight is 284 g/mol. The van der Waals surface area contributed by atoms with Gasteiger partial charge in [-0.1, -0.05) is 39.5 Å². The second-order valence-electron chi connectivity index (χ2n) is 5.32. The van der Waals surface area contributed by atoms with Crippen molar-refractivity contribution in [2.45, 2.75) is 70.9 Å². The van der Waals surface area contributed by atoms with E-state index < -0.39 is 12.0 Å². The second-order valence-corrected chi connectivity index (χ2v) is 5.32. The number of aliphatic hydroxyl groups excluding tert-OH is 1. The van der Waals surface area contributed by atoms with Gasteiger partial charge in [-0.05, 0) is 19.3 Å². The molecule has 2 unspecified atom stereocenters. The van der Waals surface area contributed by atoms with E-state index in [4.69, 9.17) is 0 Å². The van der Waals surface area contributed by atoms with Crippen LogP contribution in [0.25, 0.3) is 0 Å². The number of rotatable bonds is 2. The molecular formula is C15H28N2O3. The molecule has 2 atom stereocenters. The maximum atomic E-state index is 12.1. The smallest absolute Gasteiger partial charge is 0.235 e. The number of piperidine rings is 1. The van der Waals surface area contributed by atoms with Crippen LogP contribution < -0.4 is 10.6 Å². The molecule has 0 aromatic rings. The van der Waals surface area contributed by atoms with E-state index in [0.29, 0.717) is 13.0 Å². The molecule has 5 heteroatoms. The highest BCUT2D eigenvalue weighted by molar-refractivity contribution is 6.01. The van der Waals surface area contributed by atoms with Crippen molar-refractivity contribution in [3.8, 4) is 0 Å². The van der Waals surface area contributed by atoms with Gasteiger partial charge in [-0.15, -0.1) is 0 Å². The Hall–Kier alpha value is -1.10. The van der Waals surface area contributed by atoms with Crippen molar-refractivity contribution in [1.82, 2.24) is 10.6 Å². The molecule has 1 aliphatic carbocycles. The summed E-state index contributed by atoms with van der Waals surface area (Å²) in [6.45, 7) is 4.45. The Kier molecular flexibility index (Phi) is 7.59. The highest BCUT2D eigenvalue weighted by atomic mass is 16.3. The van der Waals surface area contributed by atoms with E-state index in [9.17, 15) is 14.7 Å². The molecule has 3 N–H and O–H groups in total. The van der Waals surface area contributed by atoms with Gasteiger partial charge in [0.2, 0.25) is 11.8 Å². The molecule has 0 spiro atoms. The molecule has 5 nitrogen and oxygen atoms in total. The van der Waals surface area contributed by atoms with Gasteiger partial charge >= 0.3 is 0 Å². The van der Waals surface area contributed by atoms with E-state index in [0.717, 1.165) is 25.7 Å². The maximum Gasteiger partial charge on any atom is 0.235 e. The predicted octanol–water partition coefficient (Wildman–Crippen LogP) is 1.35. The molecule has 0 aromatic carbocycles. The van der Waals surface area contributed by atoms with Crippen molar-refractivity contribution < 1.29 is 14.7 Å². The fraction of sp³-hybridized carbons (Fsp3) is 0.867. The Morgan fingerprint density at radius 3 is 2.30 bits per heavy atom. The van der Waals surface area contributed by atoms with Gasteiger partial charge in [0.05, 0.1) is 6.10 Å². The molecule has 1 aliphatic heterocycles. The summed E-state index contributed by atoms with van der Waals surface area (Å²) >= 11 is 0. The minimum Gasteiger partial charge on any atom is -0.392 e. The summed E-state index contributed by atoms with van der Waals surface area (Å²) < 4.78 is 0. The average Bonchev–Trinajstić information content (AvgIpc) is 2.69. The number of aliphatic hydroxyl groups is 1. The van der Waals surface area contributed by atoms with Crippen LogP contribution in [0, 0.1) is 5.92 Å². The molecule has 2 amide bonds. The Labute approximate surface area is 121 Å². The quantitative estimate of drug-likeness (QED) is 0.529. The first-order valence-electron chi connectivity index (χ1n) is 7.94. The normalized spacial score (nSPS) is 27.6. The van der Waals surface area contributed by atoms with Crippen LogP contribution in [0.5, 0.6) is 0 Å². The van der Waals surface area contributed by atoms with Crippen LogP contribution in [-0.2, 0) is 9.59 Å². The fourth-order valence-electron chi connectivity index (χ4n) is 2.80. The van der Waals surface area contributed by atoms with Crippen LogP contribution in [0.15, 0.2) is 0 Å². The van der Waals surface area contributed by atoms with Crippen molar-refractivity contribution >= 4 is 11.8 Å². The van der Waals surface area contributed by atoms with E-state index in [1.165, 1.54) is 12.8 Å². The maximum absolute atomic E-state index is 12.1. The lowest BCUT2D eigenvalue weighted by Gasteiger charge is -2.28. The molecule has 1 heterocycles. The molecule has 1 saturated carbocycles. The van der Waals surface area contributed by atoms with Gasteiger partial charge in [-0.3, -0.25) is 9.59 Å². The molecular weight excluding hydrogens is 256 g/mol. The van der Waals surface area contributed by atoms with E-state index in [1.54, 1.807) is 0 Å². The van der Waals surface area contributed by atoms with Gasteiger partial charge in [0.25, 0.3) is 0 Å². The lowest BCUT2D eigenvalue weighted by Crippen LogP contribution is -2.53. The predicted molar refractivity (Wildman–Crippen MR) is 78.1 cm³/mol. The van der Waals surface area contributed by atoms with Crippen molar-refractivity contribution in [2.24, 2.45) is 5.92 Å². The third-order valence-electron chi connectivity index (χ3n) is 3.89. The molecule has 2 fully saturated rings. The van der Waals surface area contributed by atoms with Crippen LogP contribution >= 0.6 is 0 Å². The minimum atomic E-state index is -0.929. The van der Waals surface area contributed by atoms with Crippen molar-refractivity contribution in [3.63, 3.8) is 0 Å². The van der Waals surface area contributed by atoms with Gasteiger partial charge in [-0.2, -0.15) is 0 Å². The van der Waals surface area contributed by atoms with Gasteiger partial charge in [0.1, 0.15) is 5.92 Å².